The lowest BCUT2D eigenvalue weighted by Crippen LogP contribution is -2.42. The molecule has 0 spiro atoms. The number of carbonyl (C=O) groups excluding carboxylic acids is 2. The normalized spacial score (nSPS) is 10.6. The molecule has 1 heterocycles. The minimum Gasteiger partial charge on any atom is -0.398 e. The maximum atomic E-state index is 12.2. The first kappa shape index (κ1) is 15.9. The summed E-state index contributed by atoms with van der Waals surface area (Å²) in [7, 11) is 0. The fourth-order valence-corrected chi connectivity index (χ4v) is 2.53. The minimum absolute atomic E-state index is 0.304. The van der Waals surface area contributed by atoms with E-state index in [2.05, 4.69) is 15.8 Å². The van der Waals surface area contributed by atoms with Crippen molar-refractivity contribution in [3.05, 3.63) is 64.3 Å². The SMILES string of the molecule is Cc1cccc(C(=O)NNC(=O)c2cc3cc(Cl)ccc3[nH]2)c1N. The Balaban J connectivity index is 1.72. The molecule has 122 valence electrons. The van der Waals surface area contributed by atoms with Crippen LogP contribution in [0.5, 0.6) is 0 Å². The molecule has 7 heteroatoms. The molecule has 2 aromatic carbocycles. The van der Waals surface area contributed by atoms with E-state index < -0.39 is 11.8 Å². The fourth-order valence-electron chi connectivity index (χ4n) is 2.35. The molecule has 3 aromatic rings. The average Bonchev–Trinajstić information content (AvgIpc) is 2.98. The van der Waals surface area contributed by atoms with Gasteiger partial charge in [-0.3, -0.25) is 20.4 Å². The number of aromatic amines is 1. The molecule has 0 saturated heterocycles. The Kier molecular flexibility index (Phi) is 4.14. The predicted molar refractivity (Wildman–Crippen MR) is 93.8 cm³/mol. The highest BCUT2D eigenvalue weighted by Crippen LogP contribution is 2.20. The van der Waals surface area contributed by atoms with Crippen LogP contribution in [0.1, 0.15) is 26.4 Å². The number of aryl methyl sites for hydroxylation is 1. The van der Waals surface area contributed by atoms with Crippen LogP contribution in [0.25, 0.3) is 10.9 Å². The molecule has 2 amide bonds. The van der Waals surface area contributed by atoms with E-state index in [-0.39, 0.29) is 0 Å². The fraction of sp³-hybridized carbons (Fsp3) is 0.0588. The number of nitrogen functional groups attached to an aromatic ring is 1. The Labute approximate surface area is 143 Å². The number of amides is 2. The molecule has 24 heavy (non-hydrogen) atoms. The molecule has 0 unspecified atom stereocenters. The molecule has 6 nitrogen and oxygen atoms in total. The van der Waals surface area contributed by atoms with Crippen LogP contribution in [0, 0.1) is 6.92 Å². The summed E-state index contributed by atoms with van der Waals surface area (Å²) in [6, 6.07) is 12.0. The Hall–Kier alpha value is -2.99. The number of H-pyrrole nitrogens is 1. The van der Waals surface area contributed by atoms with E-state index in [1.54, 1.807) is 49.4 Å². The number of nitrogens with two attached hydrogens (primary N) is 1. The number of anilines is 1. The van der Waals surface area contributed by atoms with E-state index in [1.165, 1.54) is 0 Å². The van der Waals surface area contributed by atoms with Crippen molar-refractivity contribution >= 4 is 40.0 Å². The first-order valence-electron chi connectivity index (χ1n) is 7.20. The molecule has 0 atom stereocenters. The van der Waals surface area contributed by atoms with Crippen LogP contribution in [0.4, 0.5) is 5.69 Å². The minimum atomic E-state index is -0.483. The molecular formula is C17H15ClN4O2. The lowest BCUT2D eigenvalue weighted by atomic mass is 10.1. The zero-order valence-electron chi connectivity index (χ0n) is 12.8. The quantitative estimate of drug-likeness (QED) is 0.425. The Morgan fingerprint density at radius 2 is 1.83 bits per heavy atom. The summed E-state index contributed by atoms with van der Waals surface area (Å²) >= 11 is 5.92. The van der Waals surface area contributed by atoms with Gasteiger partial charge in [0.05, 0.1) is 5.56 Å². The maximum Gasteiger partial charge on any atom is 0.286 e. The first-order chi connectivity index (χ1) is 11.5. The predicted octanol–water partition coefficient (Wildman–Crippen LogP) is 2.79. The van der Waals surface area contributed by atoms with Crippen molar-refractivity contribution in [3.8, 4) is 0 Å². The summed E-state index contributed by atoms with van der Waals surface area (Å²) in [5.41, 5.74) is 13.2. The smallest absolute Gasteiger partial charge is 0.286 e. The second-order valence-corrected chi connectivity index (χ2v) is 5.80. The van der Waals surface area contributed by atoms with Crippen LogP contribution < -0.4 is 16.6 Å². The van der Waals surface area contributed by atoms with Gasteiger partial charge in [0.15, 0.2) is 0 Å². The van der Waals surface area contributed by atoms with Gasteiger partial charge in [-0.2, -0.15) is 0 Å². The third-order valence-electron chi connectivity index (χ3n) is 3.69. The van der Waals surface area contributed by atoms with Crippen LogP contribution >= 0.6 is 11.6 Å². The van der Waals surface area contributed by atoms with Crippen molar-refractivity contribution < 1.29 is 9.59 Å². The molecule has 0 saturated carbocycles. The summed E-state index contributed by atoms with van der Waals surface area (Å²) in [4.78, 5) is 27.3. The molecule has 1 aromatic heterocycles. The molecule has 0 aliphatic heterocycles. The number of halogens is 1. The van der Waals surface area contributed by atoms with Crippen molar-refractivity contribution in [2.75, 3.05) is 5.73 Å². The first-order valence-corrected chi connectivity index (χ1v) is 7.57. The van der Waals surface area contributed by atoms with E-state index >= 15 is 0 Å². The Bertz CT molecular complexity index is 949. The van der Waals surface area contributed by atoms with Crippen LogP contribution in [-0.4, -0.2) is 16.8 Å². The summed E-state index contributed by atoms with van der Waals surface area (Å²) in [5.74, 6) is -0.953. The van der Waals surface area contributed by atoms with Gasteiger partial charge in [0.25, 0.3) is 11.8 Å². The van der Waals surface area contributed by atoms with Crippen LogP contribution in [0.15, 0.2) is 42.5 Å². The lowest BCUT2D eigenvalue weighted by molar-refractivity contribution is 0.0845. The summed E-state index contributed by atoms with van der Waals surface area (Å²) in [6.07, 6.45) is 0. The van der Waals surface area contributed by atoms with Gasteiger partial charge in [0.2, 0.25) is 0 Å². The van der Waals surface area contributed by atoms with Crippen LogP contribution in [0.2, 0.25) is 5.02 Å². The van der Waals surface area contributed by atoms with E-state index in [0.29, 0.717) is 22.0 Å². The summed E-state index contributed by atoms with van der Waals surface area (Å²) in [5, 5.41) is 1.39. The number of hydrogen-bond donors (Lipinski definition) is 4. The molecule has 5 N–H and O–H groups in total. The van der Waals surface area contributed by atoms with Crippen molar-refractivity contribution in [3.63, 3.8) is 0 Å². The summed E-state index contributed by atoms with van der Waals surface area (Å²) < 4.78 is 0. The standard InChI is InChI=1S/C17H15ClN4O2/c1-9-3-2-4-12(15(9)19)16(23)21-22-17(24)14-8-10-7-11(18)5-6-13(10)20-14/h2-8,20H,19H2,1H3,(H,21,23)(H,22,24). The second-order valence-electron chi connectivity index (χ2n) is 5.36. The van der Waals surface area contributed by atoms with E-state index in [1.807, 2.05) is 0 Å². The van der Waals surface area contributed by atoms with Crippen molar-refractivity contribution in [1.82, 2.24) is 15.8 Å². The van der Waals surface area contributed by atoms with Crippen molar-refractivity contribution in [2.45, 2.75) is 6.92 Å². The Morgan fingerprint density at radius 3 is 2.62 bits per heavy atom. The molecule has 0 fully saturated rings. The van der Waals surface area contributed by atoms with Gasteiger partial charge < -0.3 is 10.7 Å². The number of nitrogens with one attached hydrogen (secondary N) is 3. The van der Waals surface area contributed by atoms with Crippen molar-refractivity contribution in [1.29, 1.82) is 0 Å². The molecule has 0 aliphatic rings. The number of para-hydroxylation sites is 1. The molecule has 0 radical (unpaired) electrons. The molecule has 0 bridgehead atoms. The highest BCUT2D eigenvalue weighted by molar-refractivity contribution is 6.31. The highest BCUT2D eigenvalue weighted by Gasteiger charge is 2.14. The number of hydrazine groups is 1. The third kappa shape index (κ3) is 3.04. The van der Waals surface area contributed by atoms with Gasteiger partial charge in [-0.1, -0.05) is 23.7 Å². The van der Waals surface area contributed by atoms with Crippen molar-refractivity contribution in [2.24, 2.45) is 0 Å². The molecule has 0 aliphatic carbocycles. The van der Waals surface area contributed by atoms with Crippen LogP contribution in [-0.2, 0) is 0 Å². The Morgan fingerprint density at radius 1 is 1.08 bits per heavy atom. The number of rotatable bonds is 2. The monoisotopic (exact) mass is 342 g/mol. The lowest BCUT2D eigenvalue weighted by Gasteiger charge is -2.09. The van der Waals surface area contributed by atoms with Gasteiger partial charge in [0, 0.05) is 21.6 Å². The number of fused-ring (bicyclic) bond motifs is 1. The largest absolute Gasteiger partial charge is 0.398 e. The average molecular weight is 343 g/mol. The molecular weight excluding hydrogens is 328 g/mol. The van der Waals surface area contributed by atoms with Gasteiger partial charge in [-0.25, -0.2) is 0 Å². The van der Waals surface area contributed by atoms with Gasteiger partial charge in [-0.05, 0) is 42.8 Å². The van der Waals surface area contributed by atoms with E-state index in [4.69, 9.17) is 17.3 Å². The zero-order valence-corrected chi connectivity index (χ0v) is 13.6. The number of aromatic nitrogens is 1. The molecule has 3 rings (SSSR count). The van der Waals surface area contributed by atoms with Gasteiger partial charge in [0.1, 0.15) is 5.69 Å². The number of carbonyl (C=O) groups is 2. The topological polar surface area (TPSA) is 100 Å². The maximum absolute atomic E-state index is 12.2. The zero-order chi connectivity index (χ0) is 17.3. The number of benzene rings is 2. The summed E-state index contributed by atoms with van der Waals surface area (Å²) in [6.45, 7) is 1.81. The second kappa shape index (κ2) is 6.25. The van der Waals surface area contributed by atoms with Gasteiger partial charge in [-0.15, -0.1) is 0 Å². The number of hydrogen-bond acceptors (Lipinski definition) is 3. The third-order valence-corrected chi connectivity index (χ3v) is 3.92. The van der Waals surface area contributed by atoms with Crippen LogP contribution in [0.3, 0.4) is 0 Å². The van der Waals surface area contributed by atoms with Gasteiger partial charge >= 0.3 is 0 Å². The highest BCUT2D eigenvalue weighted by atomic mass is 35.5. The van der Waals surface area contributed by atoms with E-state index in [0.717, 1.165) is 16.5 Å². The van der Waals surface area contributed by atoms with E-state index in [9.17, 15) is 9.59 Å².